The van der Waals surface area contributed by atoms with Crippen LogP contribution in [0.25, 0.3) is 0 Å². The van der Waals surface area contributed by atoms with Crippen molar-refractivity contribution in [2.24, 2.45) is 0 Å². The first-order valence-corrected chi connectivity index (χ1v) is 7.13. The highest BCUT2D eigenvalue weighted by atomic mass is 35.5. The van der Waals surface area contributed by atoms with E-state index in [0.29, 0.717) is 10.7 Å². The van der Waals surface area contributed by atoms with E-state index in [4.69, 9.17) is 11.6 Å². The molecule has 5 nitrogen and oxygen atoms in total. The fourth-order valence-electron chi connectivity index (χ4n) is 1.87. The van der Waals surface area contributed by atoms with Gasteiger partial charge in [0, 0.05) is 12.1 Å². The van der Waals surface area contributed by atoms with Crippen molar-refractivity contribution < 1.29 is 19.1 Å². The van der Waals surface area contributed by atoms with Gasteiger partial charge in [-0.15, -0.1) is 0 Å². The molecule has 7 heteroatoms. The zero-order chi connectivity index (χ0) is 16.8. The lowest BCUT2D eigenvalue weighted by atomic mass is 10.1. The van der Waals surface area contributed by atoms with Crippen LogP contribution in [0.2, 0.25) is 5.02 Å². The number of para-hydroxylation sites is 1. The molecule has 2 rings (SSSR count). The molecule has 1 unspecified atom stereocenters. The smallest absolute Gasteiger partial charge is 0.313 e. The molecule has 23 heavy (non-hydrogen) atoms. The van der Waals surface area contributed by atoms with Gasteiger partial charge in [0.2, 0.25) is 0 Å². The minimum Gasteiger partial charge on any atom is -0.386 e. The summed E-state index contributed by atoms with van der Waals surface area (Å²) in [7, 11) is 0. The molecule has 3 N–H and O–H groups in total. The zero-order valence-electron chi connectivity index (χ0n) is 11.9. The Labute approximate surface area is 137 Å². The van der Waals surface area contributed by atoms with Gasteiger partial charge in [0.05, 0.1) is 16.8 Å². The van der Waals surface area contributed by atoms with E-state index in [9.17, 15) is 19.1 Å². The molecule has 0 saturated carbocycles. The molecular weight excluding hydrogens is 323 g/mol. The molecule has 0 aliphatic rings. The number of amides is 2. The summed E-state index contributed by atoms with van der Waals surface area (Å²) in [6.07, 6.45) is -1.26. The summed E-state index contributed by atoms with van der Waals surface area (Å²) in [6.45, 7) is -0.296. The lowest BCUT2D eigenvalue weighted by Gasteiger charge is -2.13. The Morgan fingerprint density at radius 1 is 1.09 bits per heavy atom. The summed E-state index contributed by atoms with van der Waals surface area (Å²) in [5.41, 5.74) is 0.336. The Morgan fingerprint density at radius 3 is 2.43 bits per heavy atom. The van der Waals surface area contributed by atoms with Gasteiger partial charge in [-0.2, -0.15) is 0 Å². The summed E-state index contributed by atoms with van der Waals surface area (Å²) in [4.78, 5) is 23.5. The summed E-state index contributed by atoms with van der Waals surface area (Å²) in [5.74, 6) is -2.48. The number of carbonyl (C=O) groups is 2. The van der Waals surface area contributed by atoms with Crippen molar-refractivity contribution in [2.75, 3.05) is 11.9 Å². The first-order chi connectivity index (χ1) is 11.0. The van der Waals surface area contributed by atoms with Crippen LogP contribution >= 0.6 is 11.6 Å². The van der Waals surface area contributed by atoms with E-state index >= 15 is 0 Å². The molecule has 1 atom stereocenters. The lowest BCUT2D eigenvalue weighted by molar-refractivity contribution is -0.136. The molecule has 2 amide bonds. The minimum absolute atomic E-state index is 0.0410. The van der Waals surface area contributed by atoms with Crippen molar-refractivity contribution in [1.29, 1.82) is 0 Å². The van der Waals surface area contributed by atoms with Crippen molar-refractivity contribution in [3.05, 3.63) is 64.9 Å². The highest BCUT2D eigenvalue weighted by molar-refractivity contribution is 6.41. The molecule has 120 valence electrons. The average molecular weight is 337 g/mol. The van der Waals surface area contributed by atoms with Crippen LogP contribution in [0.4, 0.5) is 10.1 Å². The van der Waals surface area contributed by atoms with Crippen LogP contribution in [0, 0.1) is 5.82 Å². The molecule has 0 aromatic heterocycles. The summed E-state index contributed by atoms with van der Waals surface area (Å²) in [5, 5.41) is 14.7. The van der Waals surface area contributed by atoms with E-state index in [1.807, 2.05) is 0 Å². The van der Waals surface area contributed by atoms with Gasteiger partial charge in [-0.3, -0.25) is 9.59 Å². The van der Waals surface area contributed by atoms with Gasteiger partial charge in [0.15, 0.2) is 0 Å². The van der Waals surface area contributed by atoms with Crippen LogP contribution in [0.5, 0.6) is 0 Å². The summed E-state index contributed by atoms with van der Waals surface area (Å²) >= 11 is 5.87. The van der Waals surface area contributed by atoms with Crippen molar-refractivity contribution in [3.8, 4) is 0 Å². The number of halogens is 2. The monoisotopic (exact) mass is 336 g/mol. The van der Waals surface area contributed by atoms with E-state index in [1.165, 1.54) is 18.2 Å². The Morgan fingerprint density at radius 2 is 1.74 bits per heavy atom. The maximum absolute atomic E-state index is 13.5. The van der Waals surface area contributed by atoms with Crippen LogP contribution in [0.3, 0.4) is 0 Å². The third-order valence-corrected chi connectivity index (χ3v) is 3.38. The SMILES string of the molecule is O=C(NCC(O)c1ccccc1F)C(=O)Nc1ccccc1Cl. The summed E-state index contributed by atoms with van der Waals surface area (Å²) in [6, 6.07) is 12.1. The van der Waals surface area contributed by atoms with E-state index in [0.717, 1.165) is 0 Å². The van der Waals surface area contributed by atoms with Gasteiger partial charge in [-0.05, 0) is 18.2 Å². The first kappa shape index (κ1) is 16.9. The molecule has 0 bridgehead atoms. The molecule has 2 aromatic rings. The number of hydrogen-bond acceptors (Lipinski definition) is 3. The number of rotatable bonds is 4. The molecule has 0 radical (unpaired) electrons. The Bertz CT molecular complexity index is 724. The second kappa shape index (κ2) is 7.71. The number of aliphatic hydroxyl groups excluding tert-OH is 1. The molecule has 0 aliphatic carbocycles. The number of nitrogens with one attached hydrogen (secondary N) is 2. The van der Waals surface area contributed by atoms with Gasteiger partial charge < -0.3 is 15.7 Å². The number of anilines is 1. The number of hydrogen-bond donors (Lipinski definition) is 3. The second-order valence-electron chi connectivity index (χ2n) is 4.68. The van der Waals surface area contributed by atoms with Crippen molar-refractivity contribution in [3.63, 3.8) is 0 Å². The quantitative estimate of drug-likeness (QED) is 0.749. The third kappa shape index (κ3) is 4.51. The lowest BCUT2D eigenvalue weighted by Crippen LogP contribution is -2.37. The van der Waals surface area contributed by atoms with Crippen LogP contribution in [-0.2, 0) is 9.59 Å². The van der Waals surface area contributed by atoms with Gasteiger partial charge in [-0.1, -0.05) is 41.9 Å². The maximum Gasteiger partial charge on any atom is 0.313 e. The highest BCUT2D eigenvalue weighted by Crippen LogP contribution is 2.20. The molecule has 0 fully saturated rings. The highest BCUT2D eigenvalue weighted by Gasteiger charge is 2.18. The largest absolute Gasteiger partial charge is 0.386 e. The number of benzene rings is 2. The van der Waals surface area contributed by atoms with Crippen LogP contribution < -0.4 is 10.6 Å². The molecular formula is C16H14ClFN2O3. The van der Waals surface area contributed by atoms with E-state index in [1.54, 1.807) is 30.3 Å². The van der Waals surface area contributed by atoms with E-state index < -0.39 is 23.7 Å². The van der Waals surface area contributed by atoms with E-state index in [2.05, 4.69) is 10.6 Å². The van der Waals surface area contributed by atoms with Crippen molar-refractivity contribution in [1.82, 2.24) is 5.32 Å². The Kier molecular flexibility index (Phi) is 5.67. The van der Waals surface area contributed by atoms with Gasteiger partial charge >= 0.3 is 11.8 Å². The standard InChI is InChI=1S/C16H14ClFN2O3/c17-11-6-2-4-8-13(11)20-16(23)15(22)19-9-14(21)10-5-1-3-7-12(10)18/h1-8,14,21H,9H2,(H,19,22)(H,20,23). The van der Waals surface area contributed by atoms with Crippen LogP contribution in [0.1, 0.15) is 11.7 Å². The predicted octanol–water partition coefficient (Wildman–Crippen LogP) is 2.27. The van der Waals surface area contributed by atoms with Gasteiger partial charge in [-0.25, -0.2) is 4.39 Å². The molecule has 0 heterocycles. The molecule has 0 saturated heterocycles. The van der Waals surface area contributed by atoms with Gasteiger partial charge in [0.1, 0.15) is 5.82 Å². The van der Waals surface area contributed by atoms with Crippen molar-refractivity contribution >= 4 is 29.1 Å². The number of aliphatic hydroxyl groups is 1. The van der Waals surface area contributed by atoms with Crippen molar-refractivity contribution in [2.45, 2.75) is 6.10 Å². The Hall–Kier alpha value is -2.44. The molecule has 0 aliphatic heterocycles. The van der Waals surface area contributed by atoms with Crippen LogP contribution in [-0.4, -0.2) is 23.5 Å². The first-order valence-electron chi connectivity index (χ1n) is 6.75. The fourth-order valence-corrected chi connectivity index (χ4v) is 2.05. The third-order valence-electron chi connectivity index (χ3n) is 3.05. The zero-order valence-corrected chi connectivity index (χ0v) is 12.7. The van der Waals surface area contributed by atoms with Crippen LogP contribution in [0.15, 0.2) is 48.5 Å². The molecule has 2 aromatic carbocycles. The van der Waals surface area contributed by atoms with Gasteiger partial charge in [0.25, 0.3) is 0 Å². The topological polar surface area (TPSA) is 78.4 Å². The van der Waals surface area contributed by atoms with E-state index in [-0.39, 0.29) is 12.1 Å². The molecule has 0 spiro atoms. The predicted molar refractivity (Wildman–Crippen MR) is 84.5 cm³/mol. The minimum atomic E-state index is -1.26. The average Bonchev–Trinajstić information content (AvgIpc) is 2.54. The Balaban J connectivity index is 1.91. The fraction of sp³-hybridized carbons (Fsp3) is 0.125. The maximum atomic E-state index is 13.5. The second-order valence-corrected chi connectivity index (χ2v) is 5.09. The normalized spacial score (nSPS) is 11.6. The number of carbonyl (C=O) groups excluding carboxylic acids is 2. The summed E-state index contributed by atoms with van der Waals surface area (Å²) < 4.78 is 13.5.